The lowest BCUT2D eigenvalue weighted by atomic mass is 10.0. The molecule has 8 nitrogen and oxygen atoms in total. The highest BCUT2D eigenvalue weighted by Crippen LogP contribution is 2.26. The molecule has 0 aliphatic carbocycles. The number of H-pyrrole nitrogens is 1. The average Bonchev–Trinajstić information content (AvgIpc) is 3.09. The summed E-state index contributed by atoms with van der Waals surface area (Å²) in [5.74, 6) is -0.278. The Morgan fingerprint density at radius 2 is 2.03 bits per heavy atom. The molecule has 160 valence electrons. The van der Waals surface area contributed by atoms with Crippen LogP contribution in [0.4, 0.5) is 4.39 Å². The fourth-order valence-corrected chi connectivity index (χ4v) is 3.70. The minimum Gasteiger partial charge on any atom is -0.374 e. The van der Waals surface area contributed by atoms with Crippen LogP contribution < -0.4 is 5.56 Å². The number of nitrogens with zero attached hydrogens (tertiary/aromatic N) is 5. The zero-order chi connectivity index (χ0) is 22.3. The number of halogens is 1. The topological polar surface area (TPSA) is 101 Å². The molecule has 3 heterocycles. The first-order valence-corrected chi connectivity index (χ1v) is 9.86. The maximum Gasteiger partial charge on any atom is 0.280 e. The van der Waals surface area contributed by atoms with Gasteiger partial charge in [0.25, 0.3) is 5.56 Å². The van der Waals surface area contributed by atoms with E-state index < -0.39 is 12.0 Å². The van der Waals surface area contributed by atoms with Gasteiger partial charge in [-0.3, -0.25) is 14.8 Å². The van der Waals surface area contributed by atoms with Gasteiger partial charge < -0.3 is 10.0 Å². The van der Waals surface area contributed by atoms with Crippen molar-refractivity contribution in [1.29, 1.82) is 5.26 Å². The summed E-state index contributed by atoms with van der Waals surface area (Å²) in [6.07, 6.45) is 2.28. The van der Waals surface area contributed by atoms with Crippen molar-refractivity contribution in [3.63, 3.8) is 0 Å². The molecule has 1 aliphatic rings. The fraction of sp³-hybridized carbons (Fsp3) is 0.318. The van der Waals surface area contributed by atoms with Crippen LogP contribution >= 0.6 is 0 Å². The lowest BCUT2D eigenvalue weighted by molar-refractivity contribution is -0.0742. The van der Waals surface area contributed by atoms with Crippen molar-refractivity contribution in [3.8, 4) is 23.0 Å². The summed E-state index contributed by atoms with van der Waals surface area (Å²) in [6, 6.07) is 8.52. The summed E-state index contributed by atoms with van der Waals surface area (Å²) in [5.41, 5.74) is 1.13. The number of nitriles is 1. The summed E-state index contributed by atoms with van der Waals surface area (Å²) in [7, 11) is 4.03. The van der Waals surface area contributed by atoms with Crippen molar-refractivity contribution in [2.24, 2.45) is 0 Å². The molecule has 0 amide bonds. The number of pyridine rings is 1. The van der Waals surface area contributed by atoms with Crippen LogP contribution in [0.15, 0.2) is 41.5 Å². The van der Waals surface area contributed by atoms with E-state index >= 15 is 0 Å². The van der Waals surface area contributed by atoms with Crippen molar-refractivity contribution in [2.75, 3.05) is 27.2 Å². The van der Waals surface area contributed by atoms with E-state index in [1.165, 1.54) is 23.9 Å². The second-order valence-corrected chi connectivity index (χ2v) is 7.93. The summed E-state index contributed by atoms with van der Waals surface area (Å²) in [5, 5.41) is 22.4. The van der Waals surface area contributed by atoms with Gasteiger partial charge >= 0.3 is 0 Å². The molecular weight excluding hydrogens is 399 g/mol. The smallest absolute Gasteiger partial charge is 0.280 e. The zero-order valence-corrected chi connectivity index (χ0v) is 17.5. The van der Waals surface area contributed by atoms with Crippen molar-refractivity contribution in [3.05, 3.63) is 69.5 Å². The van der Waals surface area contributed by atoms with E-state index in [1.807, 2.05) is 19.0 Å². The molecule has 1 aliphatic heterocycles. The van der Waals surface area contributed by atoms with Crippen LogP contribution in [-0.2, 0) is 0 Å². The largest absolute Gasteiger partial charge is 0.374 e. The molecule has 1 aromatic carbocycles. The number of aromatic nitrogens is 3. The number of likely N-dealkylation sites (tertiary alicyclic amines) is 1. The minimum absolute atomic E-state index is 0.0629. The average molecular weight is 422 g/mol. The Kier molecular flexibility index (Phi) is 5.45. The molecule has 0 spiro atoms. The molecule has 1 atom stereocenters. The number of aliphatic hydroxyl groups is 1. The Morgan fingerprint density at radius 1 is 1.29 bits per heavy atom. The Balaban J connectivity index is 1.57. The van der Waals surface area contributed by atoms with Gasteiger partial charge in [-0.2, -0.15) is 5.26 Å². The molecule has 0 bridgehead atoms. The van der Waals surface area contributed by atoms with E-state index in [4.69, 9.17) is 5.26 Å². The molecular formula is C22H23FN6O2. The molecule has 31 heavy (non-hydrogen) atoms. The Labute approximate surface area is 178 Å². The van der Waals surface area contributed by atoms with Crippen LogP contribution in [0.1, 0.15) is 22.9 Å². The first kappa shape index (κ1) is 20.9. The van der Waals surface area contributed by atoms with Crippen molar-refractivity contribution < 1.29 is 9.50 Å². The summed E-state index contributed by atoms with van der Waals surface area (Å²) in [4.78, 5) is 21.3. The molecule has 0 saturated carbocycles. The molecule has 1 fully saturated rings. The van der Waals surface area contributed by atoms with Gasteiger partial charge in [-0.05, 0) is 50.3 Å². The third-order valence-electron chi connectivity index (χ3n) is 5.83. The monoisotopic (exact) mass is 422 g/mol. The number of rotatable bonds is 5. The molecule has 0 radical (unpaired) electrons. The number of hydrogen-bond donors (Lipinski definition) is 2. The maximum absolute atomic E-state index is 14.3. The second kappa shape index (κ2) is 8.07. The molecule has 2 aromatic heterocycles. The van der Waals surface area contributed by atoms with Gasteiger partial charge in [-0.1, -0.05) is 6.07 Å². The zero-order valence-electron chi connectivity index (χ0n) is 17.5. The molecule has 1 unspecified atom stereocenters. The maximum atomic E-state index is 14.3. The number of aromatic amines is 1. The normalized spacial score (nSPS) is 15.6. The van der Waals surface area contributed by atoms with E-state index in [1.54, 1.807) is 30.5 Å². The highest BCUT2D eigenvalue weighted by molar-refractivity contribution is 5.67. The SMILES string of the molecule is Cc1c(-c2c[nH]n(-c3ccc(C(O)N4CC(N(C)C)C4)cn3)c2=O)ccc(C#N)c1F. The minimum atomic E-state index is -0.752. The van der Waals surface area contributed by atoms with Gasteiger partial charge in [0.2, 0.25) is 0 Å². The highest BCUT2D eigenvalue weighted by Gasteiger charge is 2.33. The Bertz CT molecular complexity index is 1200. The van der Waals surface area contributed by atoms with E-state index in [2.05, 4.69) is 15.0 Å². The third-order valence-corrected chi connectivity index (χ3v) is 5.83. The van der Waals surface area contributed by atoms with Crippen molar-refractivity contribution in [1.82, 2.24) is 24.6 Å². The Hall–Kier alpha value is -3.32. The summed E-state index contributed by atoms with van der Waals surface area (Å²) >= 11 is 0. The third kappa shape index (κ3) is 3.65. The standard InChI is InChI=1S/C22H23FN6O2/c1-13-17(6-4-14(8-24)20(13)23)18-10-26-29(22(18)31)19-7-5-15(9-25-19)21(30)28-11-16(12-28)27(2)3/h4-7,9-10,16,21,26,30H,11-12H2,1-3H3. The fourth-order valence-electron chi connectivity index (χ4n) is 3.70. The van der Waals surface area contributed by atoms with E-state index in [-0.39, 0.29) is 22.2 Å². The quantitative estimate of drug-likeness (QED) is 0.650. The van der Waals surface area contributed by atoms with Crippen LogP contribution in [0.5, 0.6) is 0 Å². The van der Waals surface area contributed by atoms with E-state index in [0.29, 0.717) is 23.0 Å². The predicted molar refractivity (Wildman–Crippen MR) is 113 cm³/mol. The summed E-state index contributed by atoms with van der Waals surface area (Å²) in [6.45, 7) is 3.08. The van der Waals surface area contributed by atoms with Gasteiger partial charge in [0.05, 0.1) is 11.1 Å². The van der Waals surface area contributed by atoms with Gasteiger partial charge in [0.1, 0.15) is 18.1 Å². The first-order chi connectivity index (χ1) is 14.8. The first-order valence-electron chi connectivity index (χ1n) is 9.86. The number of nitrogens with one attached hydrogen (secondary N) is 1. The van der Waals surface area contributed by atoms with Crippen LogP contribution in [0, 0.1) is 24.1 Å². The highest BCUT2D eigenvalue weighted by atomic mass is 19.1. The van der Waals surface area contributed by atoms with Gasteiger partial charge in [-0.25, -0.2) is 14.1 Å². The van der Waals surface area contributed by atoms with Crippen LogP contribution in [0.25, 0.3) is 16.9 Å². The molecule has 1 saturated heterocycles. The van der Waals surface area contributed by atoms with Crippen molar-refractivity contribution >= 4 is 0 Å². The van der Waals surface area contributed by atoms with Gasteiger partial charge in [0.15, 0.2) is 5.82 Å². The number of hydrogen-bond acceptors (Lipinski definition) is 6. The molecule has 4 rings (SSSR count). The summed E-state index contributed by atoms with van der Waals surface area (Å²) < 4.78 is 15.6. The van der Waals surface area contributed by atoms with E-state index in [9.17, 15) is 14.3 Å². The number of likely N-dealkylation sites (N-methyl/N-ethyl adjacent to an activating group) is 1. The lowest BCUT2D eigenvalue weighted by Gasteiger charge is -2.45. The van der Waals surface area contributed by atoms with E-state index in [0.717, 1.165) is 13.1 Å². The molecule has 2 N–H and O–H groups in total. The van der Waals surface area contributed by atoms with Crippen molar-refractivity contribution in [2.45, 2.75) is 19.2 Å². The molecule has 3 aromatic rings. The van der Waals surface area contributed by atoms with Gasteiger partial charge in [0, 0.05) is 37.1 Å². The van der Waals surface area contributed by atoms with Gasteiger partial charge in [-0.15, -0.1) is 0 Å². The van der Waals surface area contributed by atoms with Crippen LogP contribution in [-0.4, -0.2) is 62.9 Å². The van der Waals surface area contributed by atoms with Crippen LogP contribution in [0.2, 0.25) is 0 Å². The number of benzene rings is 1. The molecule has 9 heteroatoms. The second-order valence-electron chi connectivity index (χ2n) is 7.93. The number of aliphatic hydroxyl groups excluding tert-OH is 1. The van der Waals surface area contributed by atoms with Crippen LogP contribution in [0.3, 0.4) is 0 Å². The Morgan fingerprint density at radius 3 is 2.65 bits per heavy atom. The lowest BCUT2D eigenvalue weighted by Crippen LogP contribution is -2.58. The predicted octanol–water partition coefficient (Wildman–Crippen LogP) is 1.78.